The minimum Gasteiger partial charge on any atom is -0.462 e. The second-order valence-corrected chi connectivity index (χ2v) is 26.0. The molecule has 2 atom stereocenters. The van der Waals surface area contributed by atoms with Crippen LogP contribution in [-0.4, -0.2) is 74.9 Å². The van der Waals surface area contributed by atoms with Gasteiger partial charge in [0.1, 0.15) is 19.8 Å². The van der Waals surface area contributed by atoms with E-state index in [1.807, 2.05) is 21.1 Å². The number of rotatable bonds is 64. The van der Waals surface area contributed by atoms with Crippen molar-refractivity contribution in [1.29, 1.82) is 0 Å². The minimum atomic E-state index is -4.39. The van der Waals surface area contributed by atoms with Gasteiger partial charge in [0.15, 0.2) is 6.10 Å². The molecule has 0 aliphatic rings. The number of quaternary nitrogens is 1. The number of phosphoric ester groups is 1. The van der Waals surface area contributed by atoms with Crippen molar-refractivity contribution >= 4 is 19.8 Å². The smallest absolute Gasteiger partial charge is 0.462 e. The summed E-state index contributed by atoms with van der Waals surface area (Å²) in [7, 11) is 1.48. The third-order valence-electron chi connectivity index (χ3n) is 15.2. The van der Waals surface area contributed by atoms with Crippen molar-refractivity contribution in [3.8, 4) is 0 Å². The highest BCUT2D eigenvalue weighted by Gasteiger charge is 2.27. The van der Waals surface area contributed by atoms with Gasteiger partial charge in [-0.05, 0) is 89.9 Å². The predicted octanol–water partition coefficient (Wildman–Crippen LogP) is 22.5. The summed E-state index contributed by atoms with van der Waals surface area (Å²) < 4.78 is 34.7. The maximum absolute atomic E-state index is 12.9. The first-order valence-corrected chi connectivity index (χ1v) is 36.3. The van der Waals surface area contributed by atoms with Gasteiger partial charge in [-0.2, -0.15) is 0 Å². The van der Waals surface area contributed by atoms with Crippen molar-refractivity contribution < 1.29 is 42.1 Å². The lowest BCUT2D eigenvalue weighted by Gasteiger charge is -2.24. The standard InChI is InChI=1S/C73H132NO8P/c1-6-8-10-12-14-16-18-20-22-24-26-27-28-29-30-31-32-33-34-35-36-37-38-39-40-41-42-43-44-45-46-47-48-50-52-54-56-58-60-62-64-66-73(76)82-71(70-81-83(77,78)80-68-67-74(3,4)5)69-79-72(75)65-63-61-59-57-55-53-51-49-25-23-21-19-17-15-13-11-9-7-2/h8,10,14,16,20,22-23,25-27,29-30,32-33,71H,6-7,9,11-13,15,17-19,21,24,28,31,34-70H2,1-5H3/p+1/b10-8-,16-14-,22-20-,25-23-,27-26-,30-29-,33-32-. The topological polar surface area (TPSA) is 108 Å². The molecule has 0 radical (unpaired) electrons. The molecule has 1 N–H and O–H groups in total. The first kappa shape index (κ1) is 80.2. The number of phosphoric acid groups is 1. The first-order valence-electron chi connectivity index (χ1n) is 34.8. The van der Waals surface area contributed by atoms with E-state index in [-0.39, 0.29) is 32.0 Å². The van der Waals surface area contributed by atoms with Crippen LogP contribution in [0, 0.1) is 0 Å². The van der Waals surface area contributed by atoms with Gasteiger partial charge in [0.05, 0.1) is 27.7 Å². The van der Waals surface area contributed by atoms with Crippen LogP contribution in [0.1, 0.15) is 316 Å². The molecule has 0 aliphatic heterocycles. The summed E-state index contributed by atoms with van der Waals surface area (Å²) >= 11 is 0. The van der Waals surface area contributed by atoms with E-state index in [0.29, 0.717) is 17.4 Å². The lowest BCUT2D eigenvalue weighted by atomic mass is 10.0. The molecule has 0 saturated heterocycles. The Balaban J connectivity index is 3.93. The summed E-state index contributed by atoms with van der Waals surface area (Å²) in [5, 5.41) is 0. The number of hydrogen-bond acceptors (Lipinski definition) is 7. The highest BCUT2D eigenvalue weighted by Crippen LogP contribution is 2.43. The van der Waals surface area contributed by atoms with Crippen LogP contribution in [0.3, 0.4) is 0 Å². The number of likely N-dealkylation sites (N-methyl/N-ethyl adjacent to an activating group) is 1. The average Bonchev–Trinajstić information content (AvgIpc) is 3.48. The van der Waals surface area contributed by atoms with Crippen molar-refractivity contribution in [1.82, 2.24) is 0 Å². The quantitative estimate of drug-likeness (QED) is 0.0211. The van der Waals surface area contributed by atoms with Crippen molar-refractivity contribution in [2.45, 2.75) is 322 Å². The van der Waals surface area contributed by atoms with E-state index in [4.69, 9.17) is 18.5 Å². The maximum atomic E-state index is 12.9. The van der Waals surface area contributed by atoms with Gasteiger partial charge in [-0.3, -0.25) is 18.6 Å². The molecule has 0 aromatic heterocycles. The van der Waals surface area contributed by atoms with Gasteiger partial charge < -0.3 is 18.9 Å². The fraction of sp³-hybridized carbons (Fsp3) is 0.781. The molecule has 0 spiro atoms. The first-order chi connectivity index (χ1) is 40.5. The van der Waals surface area contributed by atoms with E-state index in [1.54, 1.807) is 0 Å². The van der Waals surface area contributed by atoms with E-state index in [1.165, 1.54) is 212 Å². The zero-order chi connectivity index (χ0) is 60.5. The Hall–Kier alpha value is -2.81. The molecule has 0 rings (SSSR count). The molecule has 83 heavy (non-hydrogen) atoms. The molecule has 0 amide bonds. The molecule has 482 valence electrons. The van der Waals surface area contributed by atoms with Crippen LogP contribution in [0.2, 0.25) is 0 Å². The highest BCUT2D eigenvalue weighted by molar-refractivity contribution is 7.47. The predicted molar refractivity (Wildman–Crippen MR) is 358 cm³/mol. The number of ether oxygens (including phenoxy) is 2. The van der Waals surface area contributed by atoms with Gasteiger partial charge in [-0.15, -0.1) is 0 Å². The van der Waals surface area contributed by atoms with Crippen LogP contribution in [0.25, 0.3) is 0 Å². The number of unbranched alkanes of at least 4 members (excludes halogenated alkanes) is 36. The van der Waals surface area contributed by atoms with Gasteiger partial charge in [-0.1, -0.05) is 298 Å². The molecule has 0 aromatic rings. The number of esters is 2. The van der Waals surface area contributed by atoms with Crippen LogP contribution in [0.5, 0.6) is 0 Å². The molecule has 10 heteroatoms. The van der Waals surface area contributed by atoms with Crippen LogP contribution in [0.4, 0.5) is 0 Å². The van der Waals surface area contributed by atoms with Gasteiger partial charge >= 0.3 is 19.8 Å². The summed E-state index contributed by atoms with van der Waals surface area (Å²) in [5.74, 6) is -0.790. The molecule has 0 saturated carbocycles. The number of carbonyl (C=O) groups is 2. The maximum Gasteiger partial charge on any atom is 0.472 e. The Kier molecular flexibility index (Phi) is 61.5. The van der Waals surface area contributed by atoms with E-state index in [0.717, 1.165) is 70.6 Å². The van der Waals surface area contributed by atoms with Crippen LogP contribution < -0.4 is 0 Å². The van der Waals surface area contributed by atoms with Crippen molar-refractivity contribution in [2.24, 2.45) is 0 Å². The normalized spacial score (nSPS) is 13.7. The zero-order valence-electron chi connectivity index (χ0n) is 54.9. The van der Waals surface area contributed by atoms with E-state index < -0.39 is 26.5 Å². The molecule has 9 nitrogen and oxygen atoms in total. The monoisotopic (exact) mass is 1180 g/mol. The minimum absolute atomic E-state index is 0.0312. The summed E-state index contributed by atoms with van der Waals surface area (Å²) in [4.78, 5) is 35.8. The number of carbonyl (C=O) groups excluding carboxylic acids is 2. The summed E-state index contributed by atoms with van der Waals surface area (Å²) in [6, 6.07) is 0. The third kappa shape index (κ3) is 68.2. The number of nitrogens with zero attached hydrogens (tertiary/aromatic N) is 1. The second kappa shape index (κ2) is 63.7. The van der Waals surface area contributed by atoms with Crippen molar-refractivity contribution in [3.63, 3.8) is 0 Å². The highest BCUT2D eigenvalue weighted by atomic mass is 31.2. The van der Waals surface area contributed by atoms with E-state index >= 15 is 0 Å². The molecular weight excluding hydrogens is 1050 g/mol. The number of allylic oxidation sites excluding steroid dienone is 14. The third-order valence-corrected chi connectivity index (χ3v) is 16.1. The van der Waals surface area contributed by atoms with Gasteiger partial charge in [-0.25, -0.2) is 4.57 Å². The zero-order valence-corrected chi connectivity index (χ0v) is 55.8. The summed E-state index contributed by atoms with van der Waals surface area (Å²) in [5.41, 5.74) is 0. The molecule has 2 unspecified atom stereocenters. The van der Waals surface area contributed by atoms with Crippen molar-refractivity contribution in [3.05, 3.63) is 85.1 Å². The molecule has 0 aliphatic carbocycles. The molecular formula is C73H133NO8P+. The summed E-state index contributed by atoms with van der Waals surface area (Å²) in [6.07, 6.45) is 87.0. The molecule has 0 aromatic carbocycles. The fourth-order valence-electron chi connectivity index (χ4n) is 9.84. The van der Waals surface area contributed by atoms with Gasteiger partial charge in [0.25, 0.3) is 0 Å². The Bertz CT molecular complexity index is 1680. The number of hydrogen-bond donors (Lipinski definition) is 1. The Labute approximate surface area is 513 Å². The largest absolute Gasteiger partial charge is 0.472 e. The van der Waals surface area contributed by atoms with Crippen LogP contribution in [-0.2, 0) is 32.7 Å². The Morgan fingerprint density at radius 2 is 0.687 bits per heavy atom. The lowest BCUT2D eigenvalue weighted by Crippen LogP contribution is -2.37. The van der Waals surface area contributed by atoms with Gasteiger partial charge in [0, 0.05) is 12.8 Å². The second-order valence-electron chi connectivity index (χ2n) is 24.5. The molecule has 0 heterocycles. The molecule has 0 bridgehead atoms. The SMILES string of the molecule is CC/C=C\C/C=C\C/C=C\C/C=C\C/C=C\C/C=C\CCCCCCCCCCCCCCCCCCCCCCCCC(=O)OC(COC(=O)CCCCCCCCC/C=C\CCCCCCCCC)COP(=O)(O)OCC[N+](C)(C)C. The van der Waals surface area contributed by atoms with E-state index in [2.05, 4.69) is 98.9 Å². The Morgan fingerprint density at radius 3 is 1.04 bits per heavy atom. The van der Waals surface area contributed by atoms with Crippen LogP contribution >= 0.6 is 7.82 Å². The van der Waals surface area contributed by atoms with Crippen molar-refractivity contribution in [2.75, 3.05) is 47.5 Å². The lowest BCUT2D eigenvalue weighted by molar-refractivity contribution is -0.870. The average molecular weight is 1180 g/mol. The summed E-state index contributed by atoms with van der Waals surface area (Å²) in [6.45, 7) is 4.35. The Morgan fingerprint density at radius 1 is 0.386 bits per heavy atom. The van der Waals surface area contributed by atoms with Crippen LogP contribution in [0.15, 0.2) is 85.1 Å². The van der Waals surface area contributed by atoms with E-state index in [9.17, 15) is 19.0 Å². The molecule has 0 fully saturated rings. The van der Waals surface area contributed by atoms with Gasteiger partial charge in [0.2, 0.25) is 0 Å². The fourth-order valence-corrected chi connectivity index (χ4v) is 10.6.